The number of carbonyl (C=O) groups is 1. The average Bonchev–Trinajstić information content (AvgIpc) is 2.47. The van der Waals surface area contributed by atoms with Crippen LogP contribution in [-0.4, -0.2) is 23.7 Å². The van der Waals surface area contributed by atoms with Gasteiger partial charge >= 0.3 is 0 Å². The Morgan fingerprint density at radius 2 is 1.85 bits per heavy atom. The van der Waals surface area contributed by atoms with Gasteiger partial charge in [0, 0.05) is 6.42 Å². The second-order valence-electron chi connectivity index (χ2n) is 5.30. The molecule has 0 aliphatic heterocycles. The second kappa shape index (κ2) is 10.4. The number of benzene rings is 1. The number of nitrogens with one attached hydrogen (secondary N) is 1. The zero-order chi connectivity index (χ0) is 14.6. The van der Waals surface area contributed by atoms with E-state index in [2.05, 4.69) is 12.2 Å². The van der Waals surface area contributed by atoms with Gasteiger partial charge in [0.2, 0.25) is 5.91 Å². The Hall–Kier alpha value is -1.35. The minimum atomic E-state index is -0.180. The van der Waals surface area contributed by atoms with Crippen LogP contribution in [0.1, 0.15) is 51.0 Å². The van der Waals surface area contributed by atoms with Crippen molar-refractivity contribution >= 4 is 5.91 Å². The van der Waals surface area contributed by atoms with Crippen LogP contribution in [0.3, 0.4) is 0 Å². The van der Waals surface area contributed by atoms with E-state index in [1.807, 2.05) is 30.3 Å². The fraction of sp³-hybridized carbons (Fsp3) is 0.588. The lowest BCUT2D eigenvalue weighted by Gasteiger charge is -2.16. The molecule has 0 saturated heterocycles. The van der Waals surface area contributed by atoms with Gasteiger partial charge in [-0.1, -0.05) is 62.9 Å². The Morgan fingerprint density at radius 1 is 1.15 bits per heavy atom. The molecule has 1 aromatic carbocycles. The van der Waals surface area contributed by atoms with Gasteiger partial charge in [0.1, 0.15) is 0 Å². The van der Waals surface area contributed by atoms with Crippen LogP contribution in [0, 0.1) is 0 Å². The number of rotatable bonds is 10. The molecule has 1 rings (SSSR count). The molecular formula is C17H27NO2. The lowest BCUT2D eigenvalue weighted by Crippen LogP contribution is -2.38. The third-order valence-electron chi connectivity index (χ3n) is 3.42. The largest absolute Gasteiger partial charge is 0.394 e. The van der Waals surface area contributed by atoms with E-state index in [1.54, 1.807) is 0 Å². The summed E-state index contributed by atoms with van der Waals surface area (Å²) >= 11 is 0. The third kappa shape index (κ3) is 7.29. The molecule has 2 N–H and O–H groups in total. The molecule has 1 atom stereocenters. The van der Waals surface area contributed by atoms with Gasteiger partial charge in [0.05, 0.1) is 12.6 Å². The summed E-state index contributed by atoms with van der Waals surface area (Å²) in [6.07, 6.45) is 6.97. The van der Waals surface area contributed by atoms with Gasteiger partial charge in [0.15, 0.2) is 0 Å². The molecule has 1 unspecified atom stereocenters. The quantitative estimate of drug-likeness (QED) is 0.646. The molecule has 0 spiro atoms. The van der Waals surface area contributed by atoms with E-state index >= 15 is 0 Å². The van der Waals surface area contributed by atoms with E-state index in [1.165, 1.54) is 19.3 Å². The standard InChI is InChI=1S/C17H27NO2/c1-2-3-4-5-9-12-17(20)18-16(14-19)13-15-10-7-6-8-11-15/h6-8,10-11,16,19H,2-5,9,12-14H2,1H3,(H,18,20). The lowest BCUT2D eigenvalue weighted by molar-refractivity contribution is -0.122. The van der Waals surface area contributed by atoms with E-state index in [0.29, 0.717) is 12.8 Å². The summed E-state index contributed by atoms with van der Waals surface area (Å²) < 4.78 is 0. The van der Waals surface area contributed by atoms with Gasteiger partial charge in [-0.05, 0) is 18.4 Å². The van der Waals surface area contributed by atoms with E-state index < -0.39 is 0 Å². The summed E-state index contributed by atoms with van der Waals surface area (Å²) in [7, 11) is 0. The molecule has 0 bridgehead atoms. The maximum atomic E-state index is 11.8. The molecule has 0 fully saturated rings. The van der Waals surface area contributed by atoms with Crippen molar-refractivity contribution in [3.63, 3.8) is 0 Å². The number of carbonyl (C=O) groups excluding carboxylic acids is 1. The maximum Gasteiger partial charge on any atom is 0.220 e. The SMILES string of the molecule is CCCCCCCC(=O)NC(CO)Cc1ccccc1. The molecule has 1 amide bonds. The fourth-order valence-corrected chi connectivity index (χ4v) is 2.25. The highest BCUT2D eigenvalue weighted by Gasteiger charge is 2.11. The maximum absolute atomic E-state index is 11.8. The zero-order valence-electron chi connectivity index (χ0n) is 12.5. The Balaban J connectivity index is 2.24. The average molecular weight is 277 g/mol. The predicted octanol–water partition coefficient (Wildman–Crippen LogP) is 3.07. The van der Waals surface area contributed by atoms with Crippen LogP contribution < -0.4 is 5.32 Å². The molecule has 3 heteroatoms. The number of unbranched alkanes of at least 4 members (excludes halogenated alkanes) is 4. The van der Waals surface area contributed by atoms with Gasteiger partial charge in [0.25, 0.3) is 0 Å². The normalized spacial score (nSPS) is 12.1. The Labute approximate surface area is 122 Å². The minimum Gasteiger partial charge on any atom is -0.394 e. The molecule has 0 radical (unpaired) electrons. The molecule has 0 aliphatic carbocycles. The van der Waals surface area contributed by atoms with Crippen molar-refractivity contribution in [2.24, 2.45) is 0 Å². The molecule has 1 aromatic rings. The van der Waals surface area contributed by atoms with Crippen molar-refractivity contribution in [1.29, 1.82) is 0 Å². The number of aliphatic hydroxyl groups is 1. The summed E-state index contributed by atoms with van der Waals surface area (Å²) in [6.45, 7) is 2.17. The van der Waals surface area contributed by atoms with Crippen molar-refractivity contribution in [3.8, 4) is 0 Å². The van der Waals surface area contributed by atoms with Gasteiger partial charge in [-0.2, -0.15) is 0 Å². The molecule has 3 nitrogen and oxygen atoms in total. The summed E-state index contributed by atoms with van der Waals surface area (Å²) in [6, 6.07) is 9.75. The van der Waals surface area contributed by atoms with E-state index in [0.717, 1.165) is 18.4 Å². The van der Waals surface area contributed by atoms with Crippen molar-refractivity contribution in [2.75, 3.05) is 6.61 Å². The first-order valence-electron chi connectivity index (χ1n) is 7.70. The zero-order valence-corrected chi connectivity index (χ0v) is 12.5. The summed E-state index contributed by atoms with van der Waals surface area (Å²) in [5, 5.41) is 12.3. The third-order valence-corrected chi connectivity index (χ3v) is 3.42. The lowest BCUT2D eigenvalue weighted by atomic mass is 10.1. The summed E-state index contributed by atoms with van der Waals surface area (Å²) in [4.78, 5) is 11.8. The number of aliphatic hydroxyl groups excluding tert-OH is 1. The van der Waals surface area contributed by atoms with Crippen LogP contribution in [0.2, 0.25) is 0 Å². The van der Waals surface area contributed by atoms with E-state index in [9.17, 15) is 9.90 Å². The first-order chi connectivity index (χ1) is 9.76. The summed E-state index contributed by atoms with van der Waals surface area (Å²) in [5.74, 6) is 0.0523. The highest BCUT2D eigenvalue weighted by molar-refractivity contribution is 5.76. The van der Waals surface area contributed by atoms with Crippen LogP contribution in [0.25, 0.3) is 0 Å². The van der Waals surface area contributed by atoms with Crippen LogP contribution in [0.4, 0.5) is 0 Å². The Bertz CT molecular complexity index is 365. The summed E-state index contributed by atoms with van der Waals surface area (Å²) in [5.41, 5.74) is 1.13. The van der Waals surface area contributed by atoms with Crippen LogP contribution >= 0.6 is 0 Å². The number of amides is 1. The van der Waals surface area contributed by atoms with Gasteiger partial charge in [-0.3, -0.25) is 4.79 Å². The Morgan fingerprint density at radius 3 is 2.50 bits per heavy atom. The molecule has 0 aromatic heterocycles. The first kappa shape index (κ1) is 16.7. The Kier molecular flexibility index (Phi) is 8.72. The molecular weight excluding hydrogens is 250 g/mol. The molecule has 0 saturated carbocycles. The second-order valence-corrected chi connectivity index (χ2v) is 5.30. The van der Waals surface area contributed by atoms with Gasteiger partial charge in [-0.15, -0.1) is 0 Å². The fourth-order valence-electron chi connectivity index (χ4n) is 2.25. The van der Waals surface area contributed by atoms with E-state index in [-0.39, 0.29) is 18.6 Å². The highest BCUT2D eigenvalue weighted by atomic mass is 16.3. The van der Waals surface area contributed by atoms with Crippen molar-refractivity contribution in [1.82, 2.24) is 5.32 Å². The smallest absolute Gasteiger partial charge is 0.220 e. The molecule has 0 aliphatic rings. The van der Waals surface area contributed by atoms with Crippen LogP contribution in [0.15, 0.2) is 30.3 Å². The number of hydrogen-bond acceptors (Lipinski definition) is 2. The van der Waals surface area contributed by atoms with Crippen LogP contribution in [-0.2, 0) is 11.2 Å². The van der Waals surface area contributed by atoms with Crippen molar-refractivity contribution < 1.29 is 9.90 Å². The van der Waals surface area contributed by atoms with Crippen molar-refractivity contribution in [3.05, 3.63) is 35.9 Å². The van der Waals surface area contributed by atoms with E-state index in [4.69, 9.17) is 0 Å². The topological polar surface area (TPSA) is 49.3 Å². The molecule has 112 valence electrons. The predicted molar refractivity (Wildman–Crippen MR) is 82.5 cm³/mol. The first-order valence-corrected chi connectivity index (χ1v) is 7.70. The minimum absolute atomic E-state index is 0.0174. The van der Waals surface area contributed by atoms with Crippen LogP contribution in [0.5, 0.6) is 0 Å². The molecule has 20 heavy (non-hydrogen) atoms. The van der Waals surface area contributed by atoms with Gasteiger partial charge < -0.3 is 10.4 Å². The van der Waals surface area contributed by atoms with Gasteiger partial charge in [-0.25, -0.2) is 0 Å². The highest BCUT2D eigenvalue weighted by Crippen LogP contribution is 2.06. The number of hydrogen-bond donors (Lipinski definition) is 2. The monoisotopic (exact) mass is 277 g/mol. The molecule has 0 heterocycles. The van der Waals surface area contributed by atoms with Crippen molar-refractivity contribution in [2.45, 2.75) is 57.9 Å².